The zero-order chi connectivity index (χ0) is 15.5. The molecule has 8 atom stereocenters. The molecule has 0 radical (unpaired) electrons. The zero-order valence-corrected chi connectivity index (χ0v) is 15.3. The first kappa shape index (κ1) is 15.6. The van der Waals surface area contributed by atoms with Gasteiger partial charge in [-0.2, -0.15) is 0 Å². The van der Waals surface area contributed by atoms with Crippen molar-refractivity contribution in [2.24, 2.45) is 35.5 Å². The monoisotopic (exact) mass is 326 g/mol. The zero-order valence-electron chi connectivity index (χ0n) is 14.3. The number of hydrogen-bond acceptors (Lipinski definition) is 4. The standard InChI is InChI=1S/C17H30O4Si/c1-10-12-7-11(5-6-22(18-2,19-3)20-4)17(10)14-9-16-15(21-16)8-13(12)14/h10-17H,5-9H2,1-4H3. The first-order valence-electron chi connectivity index (χ1n) is 8.93. The van der Waals surface area contributed by atoms with Crippen LogP contribution in [0.3, 0.4) is 0 Å². The molecule has 2 bridgehead atoms. The Bertz CT molecular complexity index is 419. The van der Waals surface area contributed by atoms with Gasteiger partial charge in [-0.25, -0.2) is 0 Å². The molecule has 4 nitrogen and oxygen atoms in total. The Morgan fingerprint density at radius 3 is 2.18 bits per heavy atom. The molecule has 4 aliphatic rings. The number of epoxide rings is 1. The minimum Gasteiger partial charge on any atom is -0.377 e. The molecule has 0 aromatic rings. The average molecular weight is 327 g/mol. The molecule has 5 heteroatoms. The van der Waals surface area contributed by atoms with Gasteiger partial charge in [-0.15, -0.1) is 0 Å². The molecule has 1 saturated heterocycles. The van der Waals surface area contributed by atoms with Crippen molar-refractivity contribution in [1.82, 2.24) is 0 Å². The van der Waals surface area contributed by atoms with Gasteiger partial charge in [0.05, 0.1) is 12.2 Å². The van der Waals surface area contributed by atoms with E-state index in [0.717, 1.165) is 41.6 Å². The first-order valence-corrected chi connectivity index (χ1v) is 10.9. The summed E-state index contributed by atoms with van der Waals surface area (Å²) in [6.45, 7) is 2.51. The predicted molar refractivity (Wildman–Crippen MR) is 85.3 cm³/mol. The molecule has 0 aromatic carbocycles. The smallest absolute Gasteiger partial charge is 0.377 e. The van der Waals surface area contributed by atoms with Gasteiger partial charge < -0.3 is 18.0 Å². The maximum absolute atomic E-state index is 5.82. The third-order valence-corrected chi connectivity index (χ3v) is 10.2. The van der Waals surface area contributed by atoms with Crippen molar-refractivity contribution < 1.29 is 18.0 Å². The van der Waals surface area contributed by atoms with Crippen LogP contribution < -0.4 is 0 Å². The predicted octanol–water partition coefficient (Wildman–Crippen LogP) is 2.95. The van der Waals surface area contributed by atoms with Gasteiger partial charge in [0.15, 0.2) is 0 Å². The van der Waals surface area contributed by atoms with Gasteiger partial charge in [0.2, 0.25) is 0 Å². The third kappa shape index (κ3) is 2.24. The van der Waals surface area contributed by atoms with Crippen LogP contribution in [0.2, 0.25) is 6.04 Å². The van der Waals surface area contributed by atoms with E-state index in [0.29, 0.717) is 12.2 Å². The molecular formula is C17H30O4Si. The maximum Gasteiger partial charge on any atom is 0.500 e. The minimum absolute atomic E-state index is 0.610. The van der Waals surface area contributed by atoms with Crippen molar-refractivity contribution in [3.63, 3.8) is 0 Å². The van der Waals surface area contributed by atoms with Crippen LogP contribution in [0.4, 0.5) is 0 Å². The Morgan fingerprint density at radius 2 is 1.55 bits per heavy atom. The molecule has 4 fully saturated rings. The van der Waals surface area contributed by atoms with Crippen molar-refractivity contribution in [3.05, 3.63) is 0 Å². The van der Waals surface area contributed by atoms with Crippen molar-refractivity contribution >= 4 is 8.80 Å². The van der Waals surface area contributed by atoms with Crippen LogP contribution in [-0.4, -0.2) is 42.3 Å². The second-order valence-corrected chi connectivity index (χ2v) is 11.0. The largest absolute Gasteiger partial charge is 0.500 e. The lowest BCUT2D eigenvalue weighted by Gasteiger charge is -2.38. The molecule has 3 saturated carbocycles. The van der Waals surface area contributed by atoms with Crippen LogP contribution in [0.15, 0.2) is 0 Å². The Kier molecular flexibility index (Phi) is 3.93. The highest BCUT2D eigenvalue weighted by Crippen LogP contribution is 2.65. The highest BCUT2D eigenvalue weighted by molar-refractivity contribution is 6.60. The van der Waals surface area contributed by atoms with Crippen LogP contribution in [0.1, 0.15) is 32.6 Å². The quantitative estimate of drug-likeness (QED) is 0.556. The van der Waals surface area contributed by atoms with Crippen molar-refractivity contribution in [3.8, 4) is 0 Å². The van der Waals surface area contributed by atoms with Gasteiger partial charge in [0.1, 0.15) is 0 Å². The van der Waals surface area contributed by atoms with E-state index in [-0.39, 0.29) is 0 Å². The normalized spacial score (nSPS) is 49.1. The number of fused-ring (bicyclic) bond motifs is 6. The van der Waals surface area contributed by atoms with E-state index in [1.807, 2.05) is 0 Å². The van der Waals surface area contributed by atoms with Crippen LogP contribution in [0.5, 0.6) is 0 Å². The summed E-state index contributed by atoms with van der Waals surface area (Å²) in [7, 11) is 2.77. The van der Waals surface area contributed by atoms with Crippen LogP contribution in [-0.2, 0) is 18.0 Å². The minimum atomic E-state index is -2.41. The van der Waals surface area contributed by atoms with E-state index < -0.39 is 8.80 Å². The topological polar surface area (TPSA) is 40.2 Å². The Morgan fingerprint density at radius 1 is 0.909 bits per heavy atom. The summed E-state index contributed by atoms with van der Waals surface area (Å²) >= 11 is 0. The summed E-state index contributed by atoms with van der Waals surface area (Å²) in [4.78, 5) is 0. The summed E-state index contributed by atoms with van der Waals surface area (Å²) in [6.07, 6.45) is 6.53. The number of ether oxygens (including phenoxy) is 1. The van der Waals surface area contributed by atoms with E-state index in [2.05, 4.69) is 6.92 Å². The van der Waals surface area contributed by atoms with E-state index in [1.54, 1.807) is 21.3 Å². The molecule has 8 unspecified atom stereocenters. The Labute approximate surface area is 135 Å². The van der Waals surface area contributed by atoms with Crippen LogP contribution in [0.25, 0.3) is 0 Å². The van der Waals surface area contributed by atoms with Gasteiger partial charge in [-0.3, -0.25) is 0 Å². The van der Waals surface area contributed by atoms with Crippen molar-refractivity contribution in [2.75, 3.05) is 21.3 Å². The fraction of sp³-hybridized carbons (Fsp3) is 1.00. The molecular weight excluding hydrogens is 296 g/mol. The molecule has 22 heavy (non-hydrogen) atoms. The summed E-state index contributed by atoms with van der Waals surface area (Å²) in [6, 6.07) is 0.955. The molecule has 0 spiro atoms. The van der Waals surface area contributed by atoms with E-state index in [1.165, 1.54) is 25.7 Å². The van der Waals surface area contributed by atoms with Gasteiger partial charge in [-0.1, -0.05) is 6.92 Å². The fourth-order valence-corrected chi connectivity index (χ4v) is 8.22. The van der Waals surface area contributed by atoms with Crippen LogP contribution >= 0.6 is 0 Å². The number of rotatable bonds is 6. The maximum atomic E-state index is 5.82. The summed E-state index contributed by atoms with van der Waals surface area (Å²) < 4.78 is 22.6. The lowest BCUT2D eigenvalue weighted by Crippen LogP contribution is -2.43. The average Bonchev–Trinajstić information content (AvgIpc) is 3.18. The fourth-order valence-electron chi connectivity index (χ4n) is 6.38. The molecule has 1 heterocycles. The molecule has 0 N–H and O–H groups in total. The molecule has 0 aromatic heterocycles. The molecule has 3 aliphatic carbocycles. The lowest BCUT2D eigenvalue weighted by atomic mass is 9.67. The highest BCUT2D eigenvalue weighted by atomic mass is 28.4. The Balaban J connectivity index is 1.42. The van der Waals surface area contributed by atoms with E-state index >= 15 is 0 Å². The van der Waals surface area contributed by atoms with E-state index in [4.69, 9.17) is 18.0 Å². The lowest BCUT2D eigenvalue weighted by molar-refractivity contribution is 0.104. The first-order chi connectivity index (χ1) is 10.6. The molecule has 126 valence electrons. The van der Waals surface area contributed by atoms with Crippen molar-refractivity contribution in [1.29, 1.82) is 0 Å². The SMILES string of the molecule is CO[Si](CCC1CC2C(C)C1C1CC3OC3CC21)(OC)OC. The van der Waals surface area contributed by atoms with E-state index in [9.17, 15) is 0 Å². The molecule has 1 aliphatic heterocycles. The molecule has 0 amide bonds. The van der Waals surface area contributed by atoms with Crippen molar-refractivity contribution in [2.45, 2.75) is 50.9 Å². The van der Waals surface area contributed by atoms with Crippen LogP contribution in [0, 0.1) is 35.5 Å². The van der Waals surface area contributed by atoms with Gasteiger partial charge in [0, 0.05) is 27.4 Å². The summed E-state index contributed by atoms with van der Waals surface area (Å²) in [5.74, 6) is 5.46. The summed E-state index contributed by atoms with van der Waals surface area (Å²) in [5.41, 5.74) is 0. The highest BCUT2D eigenvalue weighted by Gasteiger charge is 2.62. The second kappa shape index (κ2) is 5.55. The second-order valence-electron chi connectivity index (χ2n) is 7.94. The van der Waals surface area contributed by atoms with Gasteiger partial charge >= 0.3 is 8.80 Å². The summed E-state index contributed by atoms with van der Waals surface area (Å²) in [5, 5.41) is 0. The Hall–Kier alpha value is 0.0569. The van der Waals surface area contributed by atoms with Gasteiger partial charge in [-0.05, 0) is 61.2 Å². The third-order valence-electron chi connectivity index (χ3n) is 7.45. The van der Waals surface area contributed by atoms with Gasteiger partial charge in [0.25, 0.3) is 0 Å². The number of hydrogen-bond donors (Lipinski definition) is 0. The molecule has 4 rings (SSSR count).